The van der Waals surface area contributed by atoms with E-state index in [1.807, 2.05) is 0 Å². The Kier molecular flexibility index (Phi) is 5.28. The molecule has 0 amide bonds. The van der Waals surface area contributed by atoms with Crippen molar-refractivity contribution in [1.82, 2.24) is 4.57 Å². The predicted molar refractivity (Wildman–Crippen MR) is 112 cm³/mol. The molecule has 0 saturated heterocycles. The van der Waals surface area contributed by atoms with Crippen LogP contribution in [0.3, 0.4) is 0 Å². The number of hydrogen-bond donors (Lipinski definition) is 2. The van der Waals surface area contributed by atoms with Gasteiger partial charge in [-0.1, -0.05) is 24.4 Å². The fraction of sp³-hybridized carbons (Fsp3) is 0.304. The molecule has 156 valence electrons. The normalized spacial score (nSPS) is 15.6. The van der Waals surface area contributed by atoms with E-state index in [0.29, 0.717) is 22.2 Å². The summed E-state index contributed by atoms with van der Waals surface area (Å²) in [5, 5.41) is 20.5. The molecule has 1 aliphatic rings. The monoisotopic (exact) mass is 429 g/mol. The molecule has 1 unspecified atom stereocenters. The number of halogens is 2. The zero-order valence-corrected chi connectivity index (χ0v) is 17.1. The Labute approximate surface area is 177 Å². The van der Waals surface area contributed by atoms with E-state index < -0.39 is 23.6 Å². The van der Waals surface area contributed by atoms with Crippen molar-refractivity contribution in [3.63, 3.8) is 0 Å². The highest BCUT2D eigenvalue weighted by atomic mass is 35.5. The molecule has 0 bridgehead atoms. The SMILES string of the molecule is Cc1c(C(C(=O)O)C2CCCC2)c2cc(O)ccc2n1C(=O)c1ccc(Cl)c(F)c1. The predicted octanol–water partition coefficient (Wildman–Crippen LogP) is 5.49. The second-order valence-electron chi connectivity index (χ2n) is 7.83. The van der Waals surface area contributed by atoms with Crippen LogP contribution in [0.15, 0.2) is 36.4 Å². The van der Waals surface area contributed by atoms with Crippen molar-refractivity contribution in [1.29, 1.82) is 0 Å². The second-order valence-corrected chi connectivity index (χ2v) is 8.24. The number of fused-ring (bicyclic) bond motifs is 1. The van der Waals surface area contributed by atoms with Crippen molar-refractivity contribution in [2.24, 2.45) is 5.92 Å². The number of nitrogens with zero attached hydrogens (tertiary/aromatic N) is 1. The first-order valence-corrected chi connectivity index (χ1v) is 10.2. The van der Waals surface area contributed by atoms with Crippen molar-refractivity contribution in [2.75, 3.05) is 0 Å². The highest BCUT2D eigenvalue weighted by Crippen LogP contribution is 2.43. The van der Waals surface area contributed by atoms with E-state index in [-0.39, 0.29) is 22.3 Å². The largest absolute Gasteiger partial charge is 0.508 e. The lowest BCUT2D eigenvalue weighted by Gasteiger charge is -2.20. The Balaban J connectivity index is 1.95. The number of hydrogen-bond acceptors (Lipinski definition) is 3. The van der Waals surface area contributed by atoms with E-state index in [1.165, 1.54) is 28.8 Å². The summed E-state index contributed by atoms with van der Waals surface area (Å²) in [5.74, 6) is -2.97. The van der Waals surface area contributed by atoms with E-state index in [1.54, 1.807) is 13.0 Å². The van der Waals surface area contributed by atoms with Gasteiger partial charge in [-0.25, -0.2) is 4.39 Å². The topological polar surface area (TPSA) is 79.5 Å². The molecule has 4 rings (SSSR count). The third-order valence-electron chi connectivity index (χ3n) is 6.05. The first-order valence-electron chi connectivity index (χ1n) is 9.86. The maximum atomic E-state index is 14.0. The molecule has 7 heteroatoms. The molecule has 2 N–H and O–H groups in total. The van der Waals surface area contributed by atoms with Gasteiger partial charge in [-0.2, -0.15) is 0 Å². The molecule has 3 aromatic rings. The van der Waals surface area contributed by atoms with E-state index in [4.69, 9.17) is 11.6 Å². The van der Waals surface area contributed by atoms with Crippen LogP contribution in [0.25, 0.3) is 10.9 Å². The fourth-order valence-corrected chi connectivity index (χ4v) is 4.81. The van der Waals surface area contributed by atoms with Gasteiger partial charge in [-0.15, -0.1) is 0 Å². The van der Waals surface area contributed by atoms with Crippen LogP contribution in [0.4, 0.5) is 4.39 Å². The number of benzene rings is 2. The Morgan fingerprint density at radius 3 is 2.50 bits per heavy atom. The average Bonchev–Trinajstić information content (AvgIpc) is 3.31. The Bertz CT molecular complexity index is 1160. The summed E-state index contributed by atoms with van der Waals surface area (Å²) in [4.78, 5) is 25.6. The van der Waals surface area contributed by atoms with E-state index >= 15 is 0 Å². The second kappa shape index (κ2) is 7.76. The first-order chi connectivity index (χ1) is 14.3. The molecule has 1 fully saturated rings. The molecule has 0 spiro atoms. The minimum absolute atomic E-state index is 0.0125. The molecule has 0 aliphatic heterocycles. The molecule has 1 atom stereocenters. The van der Waals surface area contributed by atoms with Gasteiger partial charge in [0.25, 0.3) is 5.91 Å². The van der Waals surface area contributed by atoms with Gasteiger partial charge in [0.2, 0.25) is 0 Å². The van der Waals surface area contributed by atoms with Crippen LogP contribution in [0.2, 0.25) is 5.02 Å². The molecular formula is C23H21ClFNO4. The Morgan fingerprint density at radius 2 is 1.87 bits per heavy atom. The Hall–Kier alpha value is -2.86. The lowest BCUT2D eigenvalue weighted by Crippen LogP contribution is -2.21. The van der Waals surface area contributed by atoms with Crippen molar-refractivity contribution in [3.05, 3.63) is 64.1 Å². The average molecular weight is 430 g/mol. The van der Waals surface area contributed by atoms with Crippen LogP contribution in [-0.4, -0.2) is 26.7 Å². The number of aliphatic carboxylic acids is 1. The van der Waals surface area contributed by atoms with Crippen LogP contribution in [0.1, 0.15) is 53.2 Å². The van der Waals surface area contributed by atoms with Crippen molar-refractivity contribution >= 4 is 34.4 Å². The van der Waals surface area contributed by atoms with Gasteiger partial charge in [-0.05, 0) is 67.6 Å². The van der Waals surface area contributed by atoms with Crippen LogP contribution >= 0.6 is 11.6 Å². The van der Waals surface area contributed by atoms with Crippen LogP contribution in [0, 0.1) is 18.7 Å². The summed E-state index contributed by atoms with van der Waals surface area (Å²) in [5.41, 5.74) is 1.59. The molecule has 1 heterocycles. The van der Waals surface area contributed by atoms with Gasteiger partial charge in [0.1, 0.15) is 11.6 Å². The summed E-state index contributed by atoms with van der Waals surface area (Å²) >= 11 is 5.74. The number of phenolic OH excluding ortho intramolecular Hbond substituents is 1. The number of rotatable bonds is 4. The zero-order chi connectivity index (χ0) is 21.6. The maximum Gasteiger partial charge on any atom is 0.311 e. The quantitative estimate of drug-likeness (QED) is 0.574. The Morgan fingerprint density at radius 1 is 1.17 bits per heavy atom. The smallest absolute Gasteiger partial charge is 0.311 e. The molecule has 1 aromatic heterocycles. The third-order valence-corrected chi connectivity index (χ3v) is 6.36. The molecular weight excluding hydrogens is 409 g/mol. The van der Waals surface area contributed by atoms with E-state index in [2.05, 4.69) is 0 Å². The minimum Gasteiger partial charge on any atom is -0.508 e. The molecule has 5 nitrogen and oxygen atoms in total. The summed E-state index contributed by atoms with van der Waals surface area (Å²) in [7, 11) is 0. The number of aromatic hydroxyl groups is 1. The van der Waals surface area contributed by atoms with Gasteiger partial charge in [0, 0.05) is 16.6 Å². The van der Waals surface area contributed by atoms with Gasteiger partial charge in [0.05, 0.1) is 16.5 Å². The molecule has 30 heavy (non-hydrogen) atoms. The molecule has 2 aromatic carbocycles. The van der Waals surface area contributed by atoms with Crippen LogP contribution < -0.4 is 0 Å². The van der Waals surface area contributed by atoms with Gasteiger partial charge in [0.15, 0.2) is 0 Å². The number of phenols is 1. The lowest BCUT2D eigenvalue weighted by molar-refractivity contribution is -0.140. The van der Waals surface area contributed by atoms with Crippen LogP contribution in [-0.2, 0) is 4.79 Å². The summed E-state index contributed by atoms with van der Waals surface area (Å²) in [6.45, 7) is 1.70. The third kappa shape index (κ3) is 3.35. The summed E-state index contributed by atoms with van der Waals surface area (Å²) in [6, 6.07) is 8.35. The van der Waals surface area contributed by atoms with E-state index in [0.717, 1.165) is 31.7 Å². The molecule has 0 radical (unpaired) electrons. The number of carboxylic acid groups (broad SMARTS) is 1. The maximum absolute atomic E-state index is 14.0. The summed E-state index contributed by atoms with van der Waals surface area (Å²) < 4.78 is 15.4. The summed E-state index contributed by atoms with van der Waals surface area (Å²) in [6.07, 6.45) is 3.55. The van der Waals surface area contributed by atoms with Gasteiger partial charge < -0.3 is 10.2 Å². The highest BCUT2D eigenvalue weighted by Gasteiger charge is 2.36. The first kappa shape index (κ1) is 20.4. The fourth-order valence-electron chi connectivity index (χ4n) is 4.69. The minimum atomic E-state index is -0.947. The highest BCUT2D eigenvalue weighted by molar-refractivity contribution is 6.30. The number of carbonyl (C=O) groups excluding carboxylic acids is 1. The van der Waals surface area contributed by atoms with Gasteiger partial charge >= 0.3 is 5.97 Å². The number of carboxylic acids is 1. The number of aromatic nitrogens is 1. The van der Waals surface area contributed by atoms with E-state index in [9.17, 15) is 24.2 Å². The number of carbonyl (C=O) groups is 2. The van der Waals surface area contributed by atoms with Crippen molar-refractivity contribution in [3.8, 4) is 5.75 Å². The van der Waals surface area contributed by atoms with Crippen molar-refractivity contribution in [2.45, 2.75) is 38.5 Å². The molecule has 1 aliphatic carbocycles. The van der Waals surface area contributed by atoms with Gasteiger partial charge in [-0.3, -0.25) is 14.2 Å². The van der Waals surface area contributed by atoms with Crippen LogP contribution in [0.5, 0.6) is 5.75 Å². The zero-order valence-electron chi connectivity index (χ0n) is 16.4. The lowest BCUT2D eigenvalue weighted by atomic mass is 9.83. The standard InChI is InChI=1S/C23H21ClFNO4/c1-12-20(21(23(29)30)13-4-2-3-5-13)16-11-15(27)7-9-19(16)26(12)22(28)14-6-8-17(24)18(25)10-14/h6-11,13,21,27H,2-5H2,1H3,(H,29,30). The van der Waals surface area contributed by atoms with Crippen molar-refractivity contribution < 1.29 is 24.2 Å². The molecule has 1 saturated carbocycles.